The van der Waals surface area contributed by atoms with Crippen LogP contribution in [0.15, 0.2) is 54.7 Å². The van der Waals surface area contributed by atoms with Gasteiger partial charge in [0.05, 0.1) is 56.3 Å². The van der Waals surface area contributed by atoms with Gasteiger partial charge in [0.2, 0.25) is 0 Å². The first-order valence-corrected chi connectivity index (χ1v) is 16.2. The standard InChI is InChI=1S/C34H47N7O3/c1-42-33-5-3-2-4-27(33)25-34-36-31-11-6-26(24-32(31)37-34)30-12-14-41(38-30)29-9-7-28(8-10-29)40-17-15-39(16-18-40)19-21-44-23-22-43-20-13-35/h2-6,11-12,14,24,28-29H,7-10,13,15-23,25,35H2,1H3,(H,36,37)/t28-,29-. The summed E-state index contributed by atoms with van der Waals surface area (Å²) in [4.78, 5) is 13.6. The summed E-state index contributed by atoms with van der Waals surface area (Å²) in [6.07, 6.45) is 7.69. The average Bonchev–Trinajstić information content (AvgIpc) is 3.72. The van der Waals surface area contributed by atoms with Gasteiger partial charge in [-0.05, 0) is 49.9 Å². The third-order valence-corrected chi connectivity index (χ3v) is 9.14. The fraction of sp³-hybridized carbons (Fsp3) is 0.529. The molecule has 2 aromatic carbocycles. The van der Waals surface area contributed by atoms with Crippen LogP contribution < -0.4 is 10.5 Å². The van der Waals surface area contributed by atoms with Gasteiger partial charge >= 0.3 is 0 Å². The van der Waals surface area contributed by atoms with Gasteiger partial charge in [-0.3, -0.25) is 14.5 Å². The molecule has 236 valence electrons. The van der Waals surface area contributed by atoms with E-state index in [4.69, 9.17) is 30.0 Å². The fourth-order valence-corrected chi connectivity index (χ4v) is 6.67. The maximum atomic E-state index is 5.72. The van der Waals surface area contributed by atoms with Crippen molar-refractivity contribution in [2.24, 2.45) is 5.73 Å². The van der Waals surface area contributed by atoms with Gasteiger partial charge in [-0.1, -0.05) is 24.3 Å². The summed E-state index contributed by atoms with van der Waals surface area (Å²) in [5.41, 5.74) is 10.7. The zero-order valence-corrected chi connectivity index (χ0v) is 26.0. The van der Waals surface area contributed by atoms with Crippen LogP contribution in [-0.2, 0) is 15.9 Å². The molecule has 0 amide bonds. The van der Waals surface area contributed by atoms with Crippen molar-refractivity contribution < 1.29 is 14.2 Å². The van der Waals surface area contributed by atoms with Crippen molar-refractivity contribution in [3.63, 3.8) is 0 Å². The summed E-state index contributed by atoms with van der Waals surface area (Å²) in [6, 6.07) is 17.8. The summed E-state index contributed by atoms with van der Waals surface area (Å²) in [6.45, 7) is 8.75. The summed E-state index contributed by atoms with van der Waals surface area (Å²) in [5, 5.41) is 5.03. The van der Waals surface area contributed by atoms with Crippen molar-refractivity contribution >= 4 is 11.0 Å². The van der Waals surface area contributed by atoms with E-state index in [1.807, 2.05) is 18.2 Å². The molecule has 2 fully saturated rings. The highest BCUT2D eigenvalue weighted by Crippen LogP contribution is 2.32. The molecule has 44 heavy (non-hydrogen) atoms. The molecule has 4 aromatic rings. The fourth-order valence-electron chi connectivity index (χ4n) is 6.67. The van der Waals surface area contributed by atoms with Gasteiger partial charge in [-0.2, -0.15) is 5.10 Å². The molecule has 0 bridgehead atoms. The SMILES string of the molecule is COc1ccccc1Cc1nc2ccc(-c3ccn([C@H]4CC[C@H](N5CCN(CCOCCOCCN)CC5)CC4)n3)cc2[nH]1. The van der Waals surface area contributed by atoms with Crippen molar-refractivity contribution in [2.45, 2.75) is 44.2 Å². The summed E-state index contributed by atoms with van der Waals surface area (Å²) in [5.74, 6) is 1.81. The number of imidazole rings is 1. The summed E-state index contributed by atoms with van der Waals surface area (Å²) in [7, 11) is 1.71. The molecular weight excluding hydrogens is 554 g/mol. The minimum Gasteiger partial charge on any atom is -0.496 e. The largest absolute Gasteiger partial charge is 0.496 e. The van der Waals surface area contributed by atoms with E-state index in [0.717, 1.165) is 78.8 Å². The number of methoxy groups -OCH3 is 1. The van der Waals surface area contributed by atoms with Gasteiger partial charge in [0.1, 0.15) is 11.6 Å². The van der Waals surface area contributed by atoms with Crippen LogP contribution in [0.25, 0.3) is 22.3 Å². The Balaban J connectivity index is 0.965. The monoisotopic (exact) mass is 601 g/mol. The molecule has 0 atom stereocenters. The minimum absolute atomic E-state index is 0.468. The van der Waals surface area contributed by atoms with Crippen molar-refractivity contribution in [1.29, 1.82) is 0 Å². The van der Waals surface area contributed by atoms with Crippen LogP contribution in [0.5, 0.6) is 5.75 Å². The number of ether oxygens (including phenoxy) is 3. The van der Waals surface area contributed by atoms with Crippen LogP contribution in [0.1, 0.15) is 43.1 Å². The van der Waals surface area contributed by atoms with Crippen molar-refractivity contribution in [1.82, 2.24) is 29.5 Å². The summed E-state index contributed by atoms with van der Waals surface area (Å²) >= 11 is 0. The first-order valence-electron chi connectivity index (χ1n) is 16.2. The Kier molecular flexibility index (Phi) is 10.6. The number of nitrogens with two attached hydrogens (primary N) is 1. The number of H-pyrrole nitrogens is 1. The number of benzene rings is 2. The van der Waals surface area contributed by atoms with E-state index < -0.39 is 0 Å². The normalized spacial score (nSPS) is 20.0. The van der Waals surface area contributed by atoms with Crippen LogP contribution in [0.2, 0.25) is 0 Å². The summed E-state index contributed by atoms with van der Waals surface area (Å²) < 4.78 is 18.8. The Morgan fingerprint density at radius 1 is 0.886 bits per heavy atom. The molecule has 1 aliphatic carbocycles. The van der Waals surface area contributed by atoms with Gasteiger partial charge in [0, 0.05) is 69.1 Å². The van der Waals surface area contributed by atoms with Gasteiger partial charge in [0.15, 0.2) is 0 Å². The van der Waals surface area contributed by atoms with E-state index in [2.05, 4.69) is 56.0 Å². The number of nitrogens with zero attached hydrogens (tertiary/aromatic N) is 5. The van der Waals surface area contributed by atoms with E-state index in [0.29, 0.717) is 44.9 Å². The lowest BCUT2D eigenvalue weighted by molar-refractivity contribution is 0.0257. The smallest absolute Gasteiger partial charge is 0.122 e. The number of para-hydroxylation sites is 1. The molecule has 1 aliphatic heterocycles. The molecule has 2 aliphatic rings. The second kappa shape index (κ2) is 15.1. The molecule has 1 saturated heterocycles. The molecule has 3 N–H and O–H groups in total. The van der Waals surface area contributed by atoms with Gasteiger partial charge < -0.3 is 24.9 Å². The number of hydrogen-bond acceptors (Lipinski definition) is 8. The molecule has 0 radical (unpaired) electrons. The maximum Gasteiger partial charge on any atom is 0.122 e. The zero-order valence-electron chi connectivity index (χ0n) is 26.0. The Bertz CT molecular complexity index is 1450. The van der Waals surface area contributed by atoms with E-state index in [9.17, 15) is 0 Å². The predicted molar refractivity (Wildman–Crippen MR) is 173 cm³/mol. The predicted octanol–water partition coefficient (Wildman–Crippen LogP) is 4.12. The van der Waals surface area contributed by atoms with Crippen LogP contribution in [0, 0.1) is 0 Å². The molecule has 3 heterocycles. The van der Waals surface area contributed by atoms with Crippen LogP contribution >= 0.6 is 0 Å². The number of nitrogens with one attached hydrogen (secondary N) is 1. The van der Waals surface area contributed by atoms with Crippen molar-refractivity contribution in [3.8, 4) is 17.0 Å². The Labute approximate surface area is 260 Å². The topological polar surface area (TPSA) is 107 Å². The van der Waals surface area contributed by atoms with Crippen LogP contribution in [-0.4, -0.2) is 108 Å². The Morgan fingerprint density at radius 2 is 1.66 bits per heavy atom. The number of rotatable bonds is 14. The molecule has 6 rings (SSSR count). The molecule has 10 heteroatoms. The zero-order chi connectivity index (χ0) is 30.1. The highest BCUT2D eigenvalue weighted by molar-refractivity contribution is 5.81. The molecule has 0 spiro atoms. The first kappa shape index (κ1) is 30.7. The van der Waals surface area contributed by atoms with E-state index in [1.165, 1.54) is 25.7 Å². The second-order valence-corrected chi connectivity index (χ2v) is 11.9. The van der Waals surface area contributed by atoms with Gasteiger partial charge in [-0.15, -0.1) is 0 Å². The molecule has 0 unspecified atom stereocenters. The van der Waals surface area contributed by atoms with E-state index in [1.54, 1.807) is 7.11 Å². The lowest BCUT2D eigenvalue weighted by atomic mass is 9.90. The second-order valence-electron chi connectivity index (χ2n) is 11.9. The lowest BCUT2D eigenvalue weighted by Crippen LogP contribution is -2.51. The van der Waals surface area contributed by atoms with E-state index >= 15 is 0 Å². The number of hydrogen-bond donors (Lipinski definition) is 2. The van der Waals surface area contributed by atoms with Gasteiger partial charge in [0.25, 0.3) is 0 Å². The lowest BCUT2D eigenvalue weighted by Gasteiger charge is -2.42. The van der Waals surface area contributed by atoms with E-state index in [-0.39, 0.29) is 0 Å². The number of fused-ring (bicyclic) bond motifs is 1. The number of piperazine rings is 1. The van der Waals surface area contributed by atoms with Crippen molar-refractivity contribution in [3.05, 3.63) is 66.1 Å². The number of aromatic nitrogens is 4. The molecular formula is C34H47N7O3. The third-order valence-electron chi connectivity index (χ3n) is 9.14. The highest BCUT2D eigenvalue weighted by Gasteiger charge is 2.29. The molecule has 2 aromatic heterocycles. The first-order chi connectivity index (χ1) is 21.7. The molecule has 10 nitrogen and oxygen atoms in total. The average molecular weight is 602 g/mol. The molecule has 1 saturated carbocycles. The highest BCUT2D eigenvalue weighted by atomic mass is 16.5. The van der Waals surface area contributed by atoms with Crippen LogP contribution in [0.4, 0.5) is 0 Å². The van der Waals surface area contributed by atoms with Gasteiger partial charge in [-0.25, -0.2) is 4.98 Å². The maximum absolute atomic E-state index is 5.72. The third kappa shape index (κ3) is 7.68. The minimum atomic E-state index is 0.468. The Morgan fingerprint density at radius 3 is 2.45 bits per heavy atom. The quantitative estimate of drug-likeness (QED) is 0.208. The van der Waals surface area contributed by atoms with Crippen LogP contribution in [0.3, 0.4) is 0 Å². The van der Waals surface area contributed by atoms with Crippen molar-refractivity contribution in [2.75, 3.05) is 72.8 Å². The Hall–Kier alpha value is -3.28. The number of aromatic amines is 1.